The second-order valence-corrected chi connectivity index (χ2v) is 57.1. The van der Waals surface area contributed by atoms with Gasteiger partial charge in [-0.15, -0.1) is 0 Å². The van der Waals surface area contributed by atoms with Gasteiger partial charge in [-0.25, -0.2) is 34.0 Å². The largest absolute Gasteiger partial charge is 0.475 e. The highest BCUT2D eigenvalue weighted by atomic mass is 31.2. The maximum atomic E-state index is 13.0. The number of benzene rings is 7. The van der Waals surface area contributed by atoms with E-state index in [4.69, 9.17) is 65.6 Å². The van der Waals surface area contributed by atoms with Crippen molar-refractivity contribution in [3.8, 4) is 11.9 Å². The first kappa shape index (κ1) is 106. The first-order valence-corrected chi connectivity index (χ1v) is 63.4. The molecule has 38 heteroatoms. The number of ether oxygens (including phenoxy) is 7. The number of nitrogens with zero attached hydrogens (tertiary/aromatic N) is 13. The number of methoxy groups -OCH3 is 3. The van der Waals surface area contributed by atoms with Crippen molar-refractivity contribution in [3.05, 3.63) is 267 Å². The first-order chi connectivity index (χ1) is 72.0. The molecule has 3 amide bonds. The van der Waals surface area contributed by atoms with Crippen LogP contribution in [-0.4, -0.2) is 246 Å². The van der Waals surface area contributed by atoms with Crippen LogP contribution >= 0.6 is 25.6 Å². The Balaban J connectivity index is 0.000000146. The summed E-state index contributed by atoms with van der Waals surface area (Å²) in [6.45, 7) is 25.8. The highest BCUT2D eigenvalue weighted by Gasteiger charge is 2.60. The summed E-state index contributed by atoms with van der Waals surface area (Å²) in [5.41, 5.74) is 3.11. The summed E-state index contributed by atoms with van der Waals surface area (Å²) in [6, 6.07) is 82.6. The number of fused-ring (bicyclic) bond motifs is 5. The molecule has 0 bridgehead atoms. The molecule has 7 aromatic carbocycles. The van der Waals surface area contributed by atoms with Crippen molar-refractivity contribution in [3.63, 3.8) is 0 Å². The number of anilines is 2. The van der Waals surface area contributed by atoms with Crippen LogP contribution in [-0.2, 0) is 65.2 Å². The quantitative estimate of drug-likeness (QED) is 0.0192. The van der Waals surface area contributed by atoms with Gasteiger partial charge in [0.05, 0.1) is 67.5 Å². The van der Waals surface area contributed by atoms with Gasteiger partial charge in [-0.05, 0) is 100 Å². The normalized spacial score (nSPS) is 27.4. The van der Waals surface area contributed by atoms with E-state index < -0.39 is 92.9 Å². The van der Waals surface area contributed by atoms with Crippen LogP contribution in [0.5, 0.6) is 5.88 Å². The molecule has 21 rings (SSSR count). The Morgan fingerprint density at radius 2 is 0.878 bits per heavy atom. The summed E-state index contributed by atoms with van der Waals surface area (Å²) in [4.78, 5) is 66.5. The Morgan fingerprint density at radius 3 is 1.26 bits per heavy atom. The molecule has 9 fully saturated rings. The molecule has 32 nitrogen and oxygen atoms in total. The zero-order valence-corrected chi connectivity index (χ0v) is 91.7. The highest BCUT2D eigenvalue weighted by Crippen LogP contribution is 2.63. The number of hydrogen-bond donors (Lipinski definition) is 3. The fourth-order valence-corrected chi connectivity index (χ4v) is 40.6. The van der Waals surface area contributed by atoms with E-state index >= 15 is 0 Å². The van der Waals surface area contributed by atoms with Crippen LogP contribution in [0.4, 0.5) is 11.6 Å². The number of carbonyl (C=O) groups excluding carboxylic acids is 3. The van der Waals surface area contributed by atoms with Gasteiger partial charge in [0.2, 0.25) is 23.6 Å². The predicted molar refractivity (Wildman–Crippen MR) is 585 cm³/mol. The lowest BCUT2D eigenvalue weighted by molar-refractivity contribution is -0.119. The molecule has 0 saturated carbocycles. The fraction of sp³-hybridized carbons (Fsp3) is 0.436. The molecule has 9 saturated heterocycles. The van der Waals surface area contributed by atoms with Crippen LogP contribution in [0.3, 0.4) is 0 Å². The molecule has 21 atom stereocenters. The van der Waals surface area contributed by atoms with Gasteiger partial charge in [0, 0.05) is 91.3 Å². The zero-order chi connectivity index (χ0) is 103. The lowest BCUT2D eigenvalue weighted by Gasteiger charge is -2.33. The molecule has 148 heavy (non-hydrogen) atoms. The minimum Gasteiger partial charge on any atom is -0.475 e. The lowest BCUT2D eigenvalue weighted by atomic mass is 10.1. The van der Waals surface area contributed by atoms with Gasteiger partial charge in [0.15, 0.2) is 35.5 Å². The number of carbonyl (C=O) groups is 3. The van der Waals surface area contributed by atoms with Crippen LogP contribution in [0.1, 0.15) is 130 Å². The van der Waals surface area contributed by atoms with Crippen molar-refractivity contribution in [2.24, 2.45) is 10.9 Å². The van der Waals surface area contributed by atoms with E-state index in [-0.39, 0.29) is 105 Å². The van der Waals surface area contributed by atoms with Gasteiger partial charge < -0.3 is 75.8 Å². The third-order valence-electron chi connectivity index (χ3n) is 30.6. The molecule has 0 aliphatic carbocycles. The number of nitriles is 1. The van der Waals surface area contributed by atoms with E-state index in [1.54, 1.807) is 82.9 Å². The molecular formula is C110H137N16O16P3Si3. The fourth-order valence-electron chi connectivity index (χ4n) is 22.7. The highest BCUT2D eigenvalue weighted by molar-refractivity contribution is 7.45. The predicted octanol–water partition coefficient (Wildman–Crippen LogP) is 16.4. The number of rotatable bonds is 34. The molecule has 4 aromatic heterocycles. The average Bonchev–Trinajstić information content (AvgIpc) is 1.60. The van der Waals surface area contributed by atoms with Crippen LogP contribution < -0.4 is 51.8 Å². The number of imidazole rings is 2. The van der Waals surface area contributed by atoms with Crippen molar-refractivity contribution < 1.29 is 76.1 Å². The number of aliphatic imine (C=N–C) groups is 1. The topological polar surface area (TPSA) is 331 Å². The van der Waals surface area contributed by atoms with E-state index in [1.165, 1.54) is 38.0 Å². The van der Waals surface area contributed by atoms with Crippen molar-refractivity contribution in [2.45, 2.75) is 254 Å². The van der Waals surface area contributed by atoms with Gasteiger partial charge in [0.25, 0.3) is 31.5 Å². The number of aromatic nitrogens is 7. The molecule has 14 heterocycles. The van der Waals surface area contributed by atoms with Crippen molar-refractivity contribution in [2.75, 3.05) is 58.2 Å². The molecule has 3 unspecified atom stereocenters. The first-order valence-electron chi connectivity index (χ1n) is 51.9. The minimum absolute atomic E-state index is 0. The molecule has 0 spiro atoms. The number of amides is 3. The summed E-state index contributed by atoms with van der Waals surface area (Å²) < 4.78 is 97.3. The third kappa shape index (κ3) is 22.2. The molecule has 780 valence electrons. The molecule has 10 aliphatic rings. The Labute approximate surface area is 874 Å². The smallest absolute Gasteiger partial charge is 0.259 e. The second-order valence-electron chi connectivity index (χ2n) is 40.2. The number of pyridine rings is 1. The minimum atomic E-state index is -2.17. The monoisotopic (exact) mass is 2110 g/mol. The summed E-state index contributed by atoms with van der Waals surface area (Å²) in [5, 5.41) is 26.1. The van der Waals surface area contributed by atoms with E-state index in [2.05, 4.69) is 295 Å². The van der Waals surface area contributed by atoms with Gasteiger partial charge in [-0.3, -0.25) is 28.8 Å². The van der Waals surface area contributed by atoms with Gasteiger partial charge in [0.1, 0.15) is 84.6 Å². The number of nitrogens with one attached hydrogen (secondary N) is 3. The SMILES string of the molecule is C=C1N=C(NC(C)=O)C=CN1[C@@H]1O[C@H](CC)[C@H](O[P@@]2O[C@H](C[Si](C)(c3ccccc3)c3ccccc3)[C@@H]3CCCN32)C1OC.CC[C@H]1O[C@@H](n2cnc3c(NC(=O)c4ccccc4)ccnc32)C(OC)[C@H]1O[P@@]1O[C@H](C[Si](C)(c2ccccc2)c2ccccc2)[C@@H]2CCCN21.CC[C@H]1O[C@@H](n2cnc3c(OCCC#N)nc(NC(=O)C(C)C)nc32)C(OC)[C@H]1O[P@@]1O[C@H](C[Si](C)(c2ccccc2)c2ccccc2)[C@@H]2CCCN21.[HH]. The number of amidine groups is 1. The number of hydrogen-bond acceptors (Lipinski definition) is 27. The standard InChI is InChI=1S/C39H44N5O5PSi.C38H48N7O6PSi.C33H43N4O5PSi.H2/c1-4-32-35(36(46-2)39(47-32)43-26-41-34-30(22-23-40-37(34)43)42-38(45)27-15-8-5-9-16-27)49-50-44-24-14-21-31(44)33(48-50)25-51(3,28-17-10-6-11-18-28)29-19-12-7-13-20-29;1-6-29-32(33(47-4)37(49-29)44-24-40-31-34(44)41-38(42-35(46)25(2)3)43-36(31)48-22-14-20-39)51-52-45-21-13-19-28(45)30(50-52)23-53(5,26-15-9-7-10-16-26)27-17-11-8-12-18-27;1-6-28-31(32(39-4)33(40-28)36-21-19-30(34-23(36)2)35-24(3)38)42-43-37-20-13-18-27(37)29(41-43)22-44(5,25-14-9-7-10-15-25)26-16-11-8-12-17-26;/h5-13,15-20,22-23,26,31-33,35-36,39H,4,14,21,24-25H2,1-3H3,(H,40,42,45);7-12,15-18,24-25,28-30,32-33,37H,6,13-14,19,21-23H2,1-5H3,(H,41,42,43,46);7-12,14-17,19,21,27-29,31-33H,2,6,13,18,20,22H2,1,3-5H3,(H,34,35,38);1H/t31-,32+,33+,35-,36?,39+,50+;28-,29+,30+,32-,33?,37+,52+;27-,28+,29+,31-,32?,33+,43+;/m000./s1. The van der Waals surface area contributed by atoms with Crippen LogP contribution in [0.15, 0.2) is 267 Å². The summed E-state index contributed by atoms with van der Waals surface area (Å²) in [6.07, 6.45) is 13.0. The van der Waals surface area contributed by atoms with Crippen molar-refractivity contribution in [1.29, 1.82) is 5.26 Å². The summed E-state index contributed by atoms with van der Waals surface area (Å²) in [5.74, 6) is 0.235. The average molecular weight is 2120 g/mol. The van der Waals surface area contributed by atoms with Crippen molar-refractivity contribution in [1.82, 2.24) is 58.3 Å². The van der Waals surface area contributed by atoms with E-state index in [0.29, 0.717) is 63.7 Å². The molecule has 0 radical (unpaired) electrons. The Bertz CT molecular complexity index is 6360. The Morgan fingerprint density at radius 1 is 0.493 bits per heavy atom. The van der Waals surface area contributed by atoms with Gasteiger partial charge in [-0.2, -0.15) is 15.2 Å². The molecular weight excluding hydrogens is 1980 g/mol. The van der Waals surface area contributed by atoms with Crippen LogP contribution in [0, 0.1) is 17.2 Å². The van der Waals surface area contributed by atoms with Crippen molar-refractivity contribution >= 4 is 138 Å². The van der Waals surface area contributed by atoms with E-state index in [0.717, 1.165) is 89.1 Å². The maximum Gasteiger partial charge on any atom is 0.259 e. The van der Waals surface area contributed by atoms with Gasteiger partial charge >= 0.3 is 0 Å². The Hall–Kier alpha value is -10.3. The molecule has 3 N–H and O–H groups in total. The van der Waals surface area contributed by atoms with E-state index in [1.807, 2.05) is 33.9 Å². The van der Waals surface area contributed by atoms with Gasteiger partial charge in [-0.1, -0.05) is 292 Å². The maximum absolute atomic E-state index is 13.0. The van der Waals surface area contributed by atoms with E-state index in [9.17, 15) is 14.4 Å². The third-order valence-corrected chi connectivity index (χ3v) is 49.3. The zero-order valence-electron chi connectivity index (χ0n) is 86.1. The van der Waals surface area contributed by atoms with Crippen LogP contribution in [0.25, 0.3) is 22.3 Å². The Kier molecular flexibility index (Phi) is 34.2. The second kappa shape index (κ2) is 47.7. The molecule has 10 aliphatic heterocycles. The summed E-state index contributed by atoms with van der Waals surface area (Å²) >= 11 is 0. The van der Waals surface area contributed by atoms with Crippen LogP contribution in [0.2, 0.25) is 37.8 Å². The lowest BCUT2D eigenvalue weighted by Crippen LogP contribution is -2.58. The molecule has 11 aromatic rings. The summed E-state index contributed by atoms with van der Waals surface area (Å²) in [7, 11) is -5.37.